The van der Waals surface area contributed by atoms with Crippen LogP contribution in [0.15, 0.2) is 0 Å². The number of carbonyl (C=O) groups is 2. The molecule has 1 amide bonds. The third-order valence-electron chi connectivity index (χ3n) is 1.50. The number of hydrogen-bond donors (Lipinski definition) is 1. The molecular weight excluding hydrogens is 194 g/mol. The average molecular weight is 205 g/mol. The summed E-state index contributed by atoms with van der Waals surface area (Å²) in [7, 11) is 0. The molecule has 1 rings (SSSR count). The van der Waals surface area contributed by atoms with Crippen LogP contribution >= 0.6 is 23.5 Å². The zero-order valence-corrected chi connectivity index (χ0v) is 8.46. The molecule has 0 aromatic rings. The summed E-state index contributed by atoms with van der Waals surface area (Å²) in [6.07, 6.45) is 0.777. The summed E-state index contributed by atoms with van der Waals surface area (Å²) in [5.74, 6) is 1.58. The minimum atomic E-state index is -0.235. The van der Waals surface area contributed by atoms with Crippen LogP contribution in [-0.2, 0) is 4.79 Å². The zero-order chi connectivity index (χ0) is 8.97. The number of nitrogens with one attached hydrogen (secondary N) is 1. The molecule has 68 valence electrons. The SMILES string of the molecule is CCSC(=O)N[C@@H]1CCSC1=O. The molecule has 0 saturated carbocycles. The van der Waals surface area contributed by atoms with E-state index in [1.54, 1.807) is 0 Å². The van der Waals surface area contributed by atoms with Gasteiger partial charge in [-0.05, 0) is 12.2 Å². The Balaban J connectivity index is 2.30. The molecule has 12 heavy (non-hydrogen) atoms. The lowest BCUT2D eigenvalue weighted by Crippen LogP contribution is -2.34. The molecule has 0 aromatic heterocycles. The lowest BCUT2D eigenvalue weighted by Gasteiger charge is -2.07. The number of thioether (sulfide) groups is 2. The van der Waals surface area contributed by atoms with Gasteiger partial charge in [0.25, 0.3) is 5.24 Å². The molecule has 1 saturated heterocycles. The van der Waals surface area contributed by atoms with Crippen molar-refractivity contribution in [3.05, 3.63) is 0 Å². The fourth-order valence-electron chi connectivity index (χ4n) is 0.942. The maximum absolute atomic E-state index is 11.1. The predicted octanol–water partition coefficient (Wildman–Crippen LogP) is 1.48. The van der Waals surface area contributed by atoms with Gasteiger partial charge in [0.1, 0.15) is 0 Å². The van der Waals surface area contributed by atoms with Gasteiger partial charge in [0.15, 0.2) is 0 Å². The van der Waals surface area contributed by atoms with Gasteiger partial charge in [-0.3, -0.25) is 9.59 Å². The van der Waals surface area contributed by atoms with Gasteiger partial charge in [-0.1, -0.05) is 30.4 Å². The second-order valence-corrected chi connectivity index (χ2v) is 4.71. The van der Waals surface area contributed by atoms with Gasteiger partial charge in [-0.25, -0.2) is 0 Å². The lowest BCUT2D eigenvalue weighted by molar-refractivity contribution is -0.112. The van der Waals surface area contributed by atoms with Crippen LogP contribution in [0.25, 0.3) is 0 Å². The smallest absolute Gasteiger partial charge is 0.279 e. The van der Waals surface area contributed by atoms with Gasteiger partial charge in [0.2, 0.25) is 5.12 Å². The van der Waals surface area contributed by atoms with Crippen LogP contribution < -0.4 is 5.32 Å². The molecule has 1 aliphatic rings. The van der Waals surface area contributed by atoms with E-state index in [0.717, 1.165) is 17.9 Å². The molecule has 0 spiro atoms. The standard InChI is InChI=1S/C7H11NO2S2/c1-2-11-7(10)8-5-3-4-12-6(5)9/h5H,2-4H2,1H3,(H,8,10)/t5-/m1/s1. The molecule has 0 bridgehead atoms. The van der Waals surface area contributed by atoms with Gasteiger partial charge in [0, 0.05) is 5.75 Å². The van der Waals surface area contributed by atoms with Crippen molar-refractivity contribution in [3.63, 3.8) is 0 Å². The highest BCUT2D eigenvalue weighted by Crippen LogP contribution is 2.20. The minimum Gasteiger partial charge on any atom is -0.336 e. The summed E-state index contributed by atoms with van der Waals surface area (Å²) >= 11 is 2.51. The maximum Gasteiger partial charge on any atom is 0.279 e. The topological polar surface area (TPSA) is 46.2 Å². The van der Waals surface area contributed by atoms with Gasteiger partial charge >= 0.3 is 0 Å². The normalized spacial score (nSPS) is 22.8. The summed E-state index contributed by atoms with van der Waals surface area (Å²) in [5, 5.41) is 2.70. The summed E-state index contributed by atoms with van der Waals surface area (Å²) in [4.78, 5) is 22.1. The van der Waals surface area contributed by atoms with Crippen LogP contribution in [0.4, 0.5) is 4.79 Å². The third kappa shape index (κ3) is 2.71. The Hall–Kier alpha value is -0.160. The average Bonchev–Trinajstić information content (AvgIpc) is 2.37. The first-order valence-corrected chi connectivity index (χ1v) is 5.81. The quantitative estimate of drug-likeness (QED) is 0.741. The molecule has 1 N–H and O–H groups in total. The van der Waals surface area contributed by atoms with Crippen LogP contribution in [0.2, 0.25) is 0 Å². The molecule has 0 aromatic carbocycles. The van der Waals surface area contributed by atoms with Crippen molar-refractivity contribution >= 4 is 33.9 Å². The van der Waals surface area contributed by atoms with E-state index < -0.39 is 0 Å². The van der Waals surface area contributed by atoms with Crippen molar-refractivity contribution < 1.29 is 9.59 Å². The first-order valence-electron chi connectivity index (χ1n) is 3.84. The summed E-state index contributed by atoms with van der Waals surface area (Å²) in [6.45, 7) is 1.91. The number of rotatable bonds is 2. The van der Waals surface area contributed by atoms with Crippen molar-refractivity contribution in [2.45, 2.75) is 19.4 Å². The molecule has 1 atom stereocenters. The number of carbonyl (C=O) groups excluding carboxylic acids is 2. The molecule has 1 fully saturated rings. The van der Waals surface area contributed by atoms with E-state index in [2.05, 4.69) is 5.32 Å². The monoisotopic (exact) mass is 205 g/mol. The van der Waals surface area contributed by atoms with Crippen LogP contribution in [-0.4, -0.2) is 27.9 Å². The van der Waals surface area contributed by atoms with Gasteiger partial charge in [-0.15, -0.1) is 0 Å². The van der Waals surface area contributed by atoms with E-state index in [4.69, 9.17) is 0 Å². The van der Waals surface area contributed by atoms with Crippen LogP contribution in [0.1, 0.15) is 13.3 Å². The summed E-state index contributed by atoms with van der Waals surface area (Å²) in [6, 6.07) is -0.235. The number of amides is 1. The Morgan fingerprint density at radius 1 is 1.83 bits per heavy atom. The Labute approximate surface area is 80.0 Å². The molecule has 1 aliphatic heterocycles. The first kappa shape index (κ1) is 9.92. The fraction of sp³-hybridized carbons (Fsp3) is 0.714. The second kappa shape index (κ2) is 4.77. The largest absolute Gasteiger partial charge is 0.336 e. The highest BCUT2D eigenvalue weighted by Gasteiger charge is 2.26. The second-order valence-electron chi connectivity index (χ2n) is 2.37. The molecule has 0 radical (unpaired) electrons. The van der Waals surface area contributed by atoms with E-state index >= 15 is 0 Å². The minimum absolute atomic E-state index is 0.0849. The Morgan fingerprint density at radius 2 is 2.58 bits per heavy atom. The van der Waals surface area contributed by atoms with E-state index in [1.807, 2.05) is 6.92 Å². The van der Waals surface area contributed by atoms with Crippen molar-refractivity contribution in [3.8, 4) is 0 Å². The van der Waals surface area contributed by atoms with Crippen molar-refractivity contribution in [1.29, 1.82) is 0 Å². The van der Waals surface area contributed by atoms with Crippen LogP contribution in [0.3, 0.4) is 0 Å². The Bertz CT molecular complexity index is 196. The Kier molecular flexibility index (Phi) is 3.94. The van der Waals surface area contributed by atoms with E-state index in [9.17, 15) is 9.59 Å². The van der Waals surface area contributed by atoms with Gasteiger partial charge in [-0.2, -0.15) is 0 Å². The highest BCUT2D eigenvalue weighted by molar-refractivity contribution is 8.14. The zero-order valence-electron chi connectivity index (χ0n) is 6.83. The molecular formula is C7H11NO2S2. The Morgan fingerprint density at radius 3 is 3.08 bits per heavy atom. The molecule has 0 unspecified atom stereocenters. The van der Waals surface area contributed by atoms with E-state index in [0.29, 0.717) is 0 Å². The maximum atomic E-state index is 11.1. The van der Waals surface area contributed by atoms with Gasteiger partial charge < -0.3 is 5.32 Å². The molecule has 3 nitrogen and oxygen atoms in total. The highest BCUT2D eigenvalue weighted by atomic mass is 32.2. The van der Waals surface area contributed by atoms with E-state index in [1.165, 1.54) is 23.5 Å². The molecule has 0 aliphatic carbocycles. The lowest BCUT2D eigenvalue weighted by atomic mass is 10.3. The molecule has 1 heterocycles. The predicted molar refractivity (Wildman–Crippen MR) is 52.5 cm³/mol. The summed E-state index contributed by atoms with van der Waals surface area (Å²) < 4.78 is 0. The molecule has 5 heteroatoms. The van der Waals surface area contributed by atoms with Crippen molar-refractivity contribution in [1.82, 2.24) is 5.32 Å². The van der Waals surface area contributed by atoms with E-state index in [-0.39, 0.29) is 16.4 Å². The third-order valence-corrected chi connectivity index (χ3v) is 3.18. The van der Waals surface area contributed by atoms with Crippen LogP contribution in [0.5, 0.6) is 0 Å². The summed E-state index contributed by atoms with van der Waals surface area (Å²) in [5.41, 5.74) is 0. The van der Waals surface area contributed by atoms with Crippen molar-refractivity contribution in [2.75, 3.05) is 11.5 Å². The van der Waals surface area contributed by atoms with Crippen LogP contribution in [0, 0.1) is 0 Å². The van der Waals surface area contributed by atoms with Gasteiger partial charge in [0.05, 0.1) is 6.04 Å². The first-order chi connectivity index (χ1) is 5.74. The number of hydrogen-bond acceptors (Lipinski definition) is 4. The fourth-order valence-corrected chi connectivity index (χ4v) is 2.36. The van der Waals surface area contributed by atoms with Crippen molar-refractivity contribution in [2.24, 2.45) is 0 Å².